The standard InChI is InChI=1S/C31H38N4O6/c1-19(2)16-25(27(36)32-18-21-12-14-22(15-13-21)30(39)40)33-28(37)26(17-20-8-4-3-5-9-20)35-29(38)23-10-6-7-11-24(23)34-31(35)41/h3-11,19,21-22,25-26H,12-18H2,1-2H3,(H,32,36)(H,33,37)(H,34,41)(H,39,40)/t21?,22?,25-,26-/m1/s1. The van der Waals surface area contributed by atoms with E-state index in [-0.39, 0.29) is 35.5 Å². The zero-order valence-electron chi connectivity index (χ0n) is 23.5. The van der Waals surface area contributed by atoms with E-state index in [9.17, 15) is 29.1 Å². The van der Waals surface area contributed by atoms with Gasteiger partial charge in [0.25, 0.3) is 5.56 Å². The molecule has 0 bridgehead atoms. The molecule has 1 heterocycles. The maximum absolute atomic E-state index is 13.8. The van der Waals surface area contributed by atoms with Gasteiger partial charge in [0.15, 0.2) is 0 Å². The second-order valence-corrected chi connectivity index (χ2v) is 11.3. The minimum absolute atomic E-state index is 0.0800. The van der Waals surface area contributed by atoms with Gasteiger partial charge in [-0.15, -0.1) is 0 Å². The Kier molecular flexibility index (Phi) is 9.75. The highest BCUT2D eigenvalue weighted by atomic mass is 16.4. The third-order valence-electron chi connectivity index (χ3n) is 7.82. The number of rotatable bonds is 11. The molecule has 0 spiro atoms. The van der Waals surface area contributed by atoms with Crippen LogP contribution >= 0.6 is 0 Å². The van der Waals surface area contributed by atoms with Crippen LogP contribution in [0, 0.1) is 17.8 Å². The van der Waals surface area contributed by atoms with Gasteiger partial charge in [0.2, 0.25) is 11.8 Å². The summed E-state index contributed by atoms with van der Waals surface area (Å²) in [7, 11) is 0. The number of nitrogens with zero attached hydrogens (tertiary/aromatic N) is 1. The highest BCUT2D eigenvalue weighted by molar-refractivity contribution is 5.89. The molecule has 2 amide bonds. The van der Waals surface area contributed by atoms with Crippen molar-refractivity contribution in [3.8, 4) is 0 Å². The number of benzene rings is 2. The fourth-order valence-electron chi connectivity index (χ4n) is 5.55. The van der Waals surface area contributed by atoms with Crippen LogP contribution in [0.2, 0.25) is 0 Å². The predicted octanol–water partition coefficient (Wildman–Crippen LogP) is 3.01. The number of fused-ring (bicyclic) bond motifs is 1. The molecule has 1 saturated carbocycles. The summed E-state index contributed by atoms with van der Waals surface area (Å²) < 4.78 is 0.940. The van der Waals surface area contributed by atoms with Gasteiger partial charge in [-0.3, -0.25) is 19.2 Å². The molecule has 0 radical (unpaired) electrons. The van der Waals surface area contributed by atoms with Crippen LogP contribution in [0.4, 0.5) is 0 Å². The number of hydrogen-bond acceptors (Lipinski definition) is 5. The lowest BCUT2D eigenvalue weighted by Gasteiger charge is -2.28. The number of carboxylic acids is 1. The summed E-state index contributed by atoms with van der Waals surface area (Å²) in [5, 5.41) is 15.3. The van der Waals surface area contributed by atoms with E-state index in [1.807, 2.05) is 44.2 Å². The highest BCUT2D eigenvalue weighted by Crippen LogP contribution is 2.28. The monoisotopic (exact) mass is 562 g/mol. The summed E-state index contributed by atoms with van der Waals surface area (Å²) >= 11 is 0. The third kappa shape index (κ3) is 7.50. The molecule has 10 heteroatoms. The van der Waals surface area contributed by atoms with E-state index < -0.39 is 35.2 Å². The van der Waals surface area contributed by atoms with Gasteiger partial charge < -0.3 is 20.7 Å². The zero-order chi connectivity index (χ0) is 29.5. The number of amides is 2. The maximum Gasteiger partial charge on any atom is 0.329 e. The van der Waals surface area contributed by atoms with E-state index in [1.165, 1.54) is 0 Å². The smallest absolute Gasteiger partial charge is 0.329 e. The number of aliphatic carboxylic acids is 1. The second kappa shape index (κ2) is 13.4. The topological polar surface area (TPSA) is 150 Å². The van der Waals surface area contributed by atoms with Gasteiger partial charge >= 0.3 is 11.7 Å². The van der Waals surface area contributed by atoms with Crippen LogP contribution in [0.25, 0.3) is 10.9 Å². The molecule has 3 aromatic rings. The van der Waals surface area contributed by atoms with E-state index in [4.69, 9.17) is 0 Å². The van der Waals surface area contributed by atoms with Gasteiger partial charge in [-0.2, -0.15) is 0 Å². The Morgan fingerprint density at radius 1 is 0.951 bits per heavy atom. The molecule has 1 aliphatic carbocycles. The lowest BCUT2D eigenvalue weighted by Crippen LogP contribution is -2.52. The van der Waals surface area contributed by atoms with E-state index in [0.29, 0.717) is 44.2 Å². The molecule has 10 nitrogen and oxygen atoms in total. The van der Waals surface area contributed by atoms with Gasteiger partial charge in [0, 0.05) is 13.0 Å². The van der Waals surface area contributed by atoms with Crippen LogP contribution in [0.5, 0.6) is 0 Å². The lowest BCUT2D eigenvalue weighted by molar-refractivity contribution is -0.143. The summed E-state index contributed by atoms with van der Waals surface area (Å²) in [4.78, 5) is 67.7. The Hall–Kier alpha value is -4.21. The number of para-hydroxylation sites is 1. The maximum atomic E-state index is 13.8. The number of carbonyl (C=O) groups excluding carboxylic acids is 2. The first-order chi connectivity index (χ1) is 19.6. The quantitative estimate of drug-likeness (QED) is 0.282. The fraction of sp³-hybridized carbons (Fsp3) is 0.452. The highest BCUT2D eigenvalue weighted by Gasteiger charge is 2.31. The summed E-state index contributed by atoms with van der Waals surface area (Å²) in [5.41, 5.74) is -0.144. The summed E-state index contributed by atoms with van der Waals surface area (Å²) in [5.74, 6) is -1.80. The van der Waals surface area contributed by atoms with Crippen LogP contribution in [0.15, 0.2) is 64.2 Å². The molecular weight excluding hydrogens is 524 g/mol. The molecule has 2 aromatic carbocycles. The van der Waals surface area contributed by atoms with Gasteiger partial charge in [-0.25, -0.2) is 9.36 Å². The number of aromatic nitrogens is 2. The van der Waals surface area contributed by atoms with Crippen molar-refractivity contribution >= 4 is 28.7 Å². The van der Waals surface area contributed by atoms with Gasteiger partial charge in [0.05, 0.1) is 16.8 Å². The Bertz CT molecular complexity index is 1490. The van der Waals surface area contributed by atoms with Crippen LogP contribution in [0.1, 0.15) is 57.6 Å². The molecule has 0 aliphatic heterocycles. The normalized spacial score (nSPS) is 18.5. The SMILES string of the molecule is CC(C)C[C@@H](NC(=O)[C@@H](Cc1ccccc1)n1c(=O)[nH]c2ccccc2c1=O)C(=O)NCC1CCC(C(=O)O)CC1. The molecule has 218 valence electrons. The minimum Gasteiger partial charge on any atom is -0.481 e. The molecule has 1 fully saturated rings. The van der Waals surface area contributed by atoms with Crippen LogP contribution in [-0.2, 0) is 20.8 Å². The van der Waals surface area contributed by atoms with E-state index >= 15 is 0 Å². The van der Waals surface area contributed by atoms with Crippen molar-refractivity contribution in [2.75, 3.05) is 6.54 Å². The molecule has 4 N–H and O–H groups in total. The number of carbonyl (C=O) groups is 3. The number of aromatic amines is 1. The Labute approximate surface area is 238 Å². The van der Waals surface area contributed by atoms with E-state index in [0.717, 1.165) is 10.1 Å². The molecule has 41 heavy (non-hydrogen) atoms. The zero-order valence-corrected chi connectivity index (χ0v) is 23.5. The van der Waals surface area contributed by atoms with Gasteiger partial charge in [0.1, 0.15) is 12.1 Å². The van der Waals surface area contributed by atoms with Crippen molar-refractivity contribution in [3.63, 3.8) is 0 Å². The summed E-state index contributed by atoms with van der Waals surface area (Å²) in [6.45, 7) is 4.28. The summed E-state index contributed by atoms with van der Waals surface area (Å²) in [6.07, 6.45) is 3.04. The van der Waals surface area contributed by atoms with Crippen LogP contribution in [0.3, 0.4) is 0 Å². The Balaban J connectivity index is 1.56. The number of H-pyrrole nitrogens is 1. The van der Waals surface area contributed by atoms with Crippen molar-refractivity contribution in [1.82, 2.24) is 20.2 Å². The van der Waals surface area contributed by atoms with Crippen molar-refractivity contribution in [3.05, 3.63) is 81.0 Å². The van der Waals surface area contributed by atoms with Crippen LogP contribution < -0.4 is 21.9 Å². The van der Waals surface area contributed by atoms with E-state index in [2.05, 4.69) is 15.6 Å². The number of nitrogens with one attached hydrogen (secondary N) is 3. The average molecular weight is 563 g/mol. The van der Waals surface area contributed by atoms with Gasteiger partial charge in [-0.05, 0) is 61.6 Å². The summed E-state index contributed by atoms with van der Waals surface area (Å²) in [6, 6.07) is 13.7. The average Bonchev–Trinajstić information content (AvgIpc) is 2.95. The minimum atomic E-state index is -1.19. The third-order valence-corrected chi connectivity index (χ3v) is 7.82. The fourth-order valence-corrected chi connectivity index (χ4v) is 5.55. The molecule has 0 unspecified atom stereocenters. The molecule has 1 aliphatic rings. The first kappa shape index (κ1) is 29.8. The lowest BCUT2D eigenvalue weighted by atomic mass is 9.82. The number of carboxylic acid groups (broad SMARTS) is 1. The first-order valence-electron chi connectivity index (χ1n) is 14.2. The van der Waals surface area contributed by atoms with Gasteiger partial charge in [-0.1, -0.05) is 56.3 Å². The number of hydrogen-bond donors (Lipinski definition) is 4. The second-order valence-electron chi connectivity index (χ2n) is 11.3. The van der Waals surface area contributed by atoms with Crippen molar-refractivity contribution in [2.24, 2.45) is 17.8 Å². The Morgan fingerprint density at radius 2 is 1.61 bits per heavy atom. The molecule has 0 saturated heterocycles. The molecule has 4 rings (SSSR count). The molecular formula is C31H38N4O6. The van der Waals surface area contributed by atoms with Crippen LogP contribution in [-0.4, -0.2) is 45.0 Å². The first-order valence-corrected chi connectivity index (χ1v) is 14.2. The van der Waals surface area contributed by atoms with E-state index in [1.54, 1.807) is 24.3 Å². The predicted molar refractivity (Wildman–Crippen MR) is 155 cm³/mol. The largest absolute Gasteiger partial charge is 0.481 e. The van der Waals surface area contributed by atoms with Crippen molar-refractivity contribution in [1.29, 1.82) is 0 Å². The Morgan fingerprint density at radius 3 is 2.27 bits per heavy atom. The van der Waals surface area contributed by atoms with Crippen molar-refractivity contribution < 1.29 is 19.5 Å². The van der Waals surface area contributed by atoms with Crippen molar-refractivity contribution in [2.45, 2.75) is 64.5 Å². The molecule has 1 aromatic heterocycles. The molecule has 2 atom stereocenters.